The molecule has 14 heavy (non-hydrogen) atoms. The van der Waals surface area contributed by atoms with Crippen LogP contribution in [0.25, 0.3) is 0 Å². The van der Waals surface area contributed by atoms with Crippen molar-refractivity contribution in [3.63, 3.8) is 0 Å². The first-order valence-electron chi connectivity index (χ1n) is 4.15. The third kappa shape index (κ3) is 4.24. The number of benzene rings is 1. The predicted molar refractivity (Wildman–Crippen MR) is 46.2 cm³/mol. The molecule has 3 nitrogen and oxygen atoms in total. The first kappa shape index (κ1) is 13.7. The molecule has 1 aromatic carbocycles. The molecule has 1 rings (SSSR count). The Hall–Kier alpha value is -0.350. The van der Waals surface area contributed by atoms with Gasteiger partial charge < -0.3 is 15.0 Å². The molecule has 0 atom stereocenters. The Bertz CT molecular complexity index is 282. The van der Waals surface area contributed by atoms with Crippen LogP contribution in [0, 0.1) is 0 Å². The van der Waals surface area contributed by atoms with Crippen molar-refractivity contribution in [2.24, 2.45) is 0 Å². The van der Waals surface area contributed by atoms with E-state index >= 15 is 0 Å². The normalized spacial score (nSPS) is 9.21. The number of hydrogen-bond donors (Lipinski definition) is 1. The van der Waals surface area contributed by atoms with Gasteiger partial charge in [0.2, 0.25) is 0 Å². The molecule has 1 N–H and O–H groups in total. The van der Waals surface area contributed by atoms with E-state index in [9.17, 15) is 9.90 Å². The van der Waals surface area contributed by atoms with Crippen LogP contribution >= 0.6 is 0 Å². The largest absolute Gasteiger partial charge is 1.00 e. The number of aliphatic hydroxyl groups excluding tert-OH is 1. The monoisotopic (exact) mass is 202 g/mol. The molecule has 0 saturated carbocycles. The van der Waals surface area contributed by atoms with E-state index < -0.39 is 5.97 Å². The van der Waals surface area contributed by atoms with Crippen molar-refractivity contribution in [2.75, 3.05) is 6.61 Å². The van der Waals surface area contributed by atoms with E-state index in [-0.39, 0.29) is 41.7 Å². The number of carboxylic acid groups (broad SMARTS) is 1. The average molecular weight is 202 g/mol. The van der Waals surface area contributed by atoms with Crippen LogP contribution in [-0.4, -0.2) is 17.7 Å². The zero-order chi connectivity index (χ0) is 9.68. The van der Waals surface area contributed by atoms with Crippen LogP contribution in [-0.2, 0) is 6.42 Å². The molecule has 0 aromatic heterocycles. The molecular weight excluding hydrogens is 191 g/mol. The second kappa shape index (κ2) is 7.01. The molecule has 0 aliphatic heterocycles. The van der Waals surface area contributed by atoms with Crippen molar-refractivity contribution in [2.45, 2.75) is 12.8 Å². The molecule has 0 fully saturated rings. The van der Waals surface area contributed by atoms with Gasteiger partial charge in [0.25, 0.3) is 0 Å². The number of aromatic carboxylic acids is 1. The minimum absolute atomic E-state index is 0. The van der Waals surface area contributed by atoms with Gasteiger partial charge >= 0.3 is 29.6 Å². The van der Waals surface area contributed by atoms with E-state index in [1.54, 1.807) is 12.1 Å². The third-order valence-electron chi connectivity index (χ3n) is 1.81. The van der Waals surface area contributed by atoms with E-state index in [1.807, 2.05) is 0 Å². The Morgan fingerprint density at radius 2 is 1.86 bits per heavy atom. The zero-order valence-electron chi connectivity index (χ0n) is 8.19. The molecule has 0 aliphatic carbocycles. The van der Waals surface area contributed by atoms with E-state index in [0.717, 1.165) is 12.0 Å². The summed E-state index contributed by atoms with van der Waals surface area (Å²) in [5.74, 6) is -1.16. The predicted octanol–water partition coefficient (Wildman–Crippen LogP) is -3.02. The molecule has 0 saturated heterocycles. The Labute approximate surface area is 105 Å². The molecule has 0 heterocycles. The summed E-state index contributed by atoms with van der Waals surface area (Å²) in [5, 5.41) is 18.9. The van der Waals surface area contributed by atoms with Gasteiger partial charge in [-0.15, -0.1) is 0 Å². The molecule has 0 amide bonds. The second-order valence-electron chi connectivity index (χ2n) is 2.81. The van der Waals surface area contributed by atoms with Crippen molar-refractivity contribution >= 4 is 5.97 Å². The van der Waals surface area contributed by atoms with Crippen molar-refractivity contribution < 1.29 is 44.6 Å². The summed E-state index contributed by atoms with van der Waals surface area (Å²) in [6.45, 7) is 0.155. The van der Waals surface area contributed by atoms with Crippen LogP contribution in [0.15, 0.2) is 24.3 Å². The quantitative estimate of drug-likeness (QED) is 0.529. The van der Waals surface area contributed by atoms with Crippen LogP contribution in [0.4, 0.5) is 0 Å². The van der Waals surface area contributed by atoms with E-state index in [4.69, 9.17) is 5.11 Å². The fourth-order valence-electron chi connectivity index (χ4n) is 1.09. The van der Waals surface area contributed by atoms with Crippen LogP contribution in [0.3, 0.4) is 0 Å². The number of rotatable bonds is 4. The summed E-state index contributed by atoms with van der Waals surface area (Å²) in [7, 11) is 0. The van der Waals surface area contributed by atoms with Gasteiger partial charge in [-0.05, 0) is 24.0 Å². The van der Waals surface area contributed by atoms with Crippen molar-refractivity contribution in [1.82, 2.24) is 0 Å². The fourth-order valence-corrected chi connectivity index (χ4v) is 1.09. The number of carbonyl (C=O) groups is 1. The van der Waals surface area contributed by atoms with E-state index in [1.165, 1.54) is 12.1 Å². The average Bonchev–Trinajstić information content (AvgIpc) is 2.15. The van der Waals surface area contributed by atoms with Crippen LogP contribution in [0.1, 0.15) is 22.3 Å². The molecule has 0 radical (unpaired) electrons. The maximum Gasteiger partial charge on any atom is 1.00 e. The zero-order valence-corrected chi connectivity index (χ0v) is 10.2. The van der Waals surface area contributed by atoms with Gasteiger partial charge in [-0.3, -0.25) is 0 Å². The minimum atomic E-state index is -1.16. The first-order chi connectivity index (χ1) is 6.24. The Balaban J connectivity index is 0.00000169. The van der Waals surface area contributed by atoms with Gasteiger partial charge in [0, 0.05) is 6.61 Å². The number of carbonyl (C=O) groups excluding carboxylic acids is 1. The van der Waals surface area contributed by atoms with Gasteiger partial charge in [0.15, 0.2) is 0 Å². The Morgan fingerprint density at radius 3 is 2.29 bits per heavy atom. The summed E-state index contributed by atoms with van der Waals surface area (Å²) in [6, 6.07) is 6.51. The summed E-state index contributed by atoms with van der Waals surface area (Å²) in [5.41, 5.74) is 1.21. The Morgan fingerprint density at radius 1 is 1.29 bits per heavy atom. The first-order valence-corrected chi connectivity index (χ1v) is 4.15. The van der Waals surface area contributed by atoms with Crippen molar-refractivity contribution in [1.29, 1.82) is 0 Å². The molecule has 0 aliphatic rings. The van der Waals surface area contributed by atoms with Gasteiger partial charge in [-0.1, -0.05) is 24.3 Å². The molecule has 4 heteroatoms. The van der Waals surface area contributed by atoms with Gasteiger partial charge in [-0.2, -0.15) is 0 Å². The summed E-state index contributed by atoms with van der Waals surface area (Å²) in [6.07, 6.45) is 1.47. The number of aliphatic hydroxyl groups is 1. The Kier molecular flexibility index (Phi) is 6.83. The van der Waals surface area contributed by atoms with E-state index in [0.29, 0.717) is 6.42 Å². The van der Waals surface area contributed by atoms with Gasteiger partial charge in [0.05, 0.1) is 5.97 Å². The third-order valence-corrected chi connectivity index (χ3v) is 1.81. The van der Waals surface area contributed by atoms with Gasteiger partial charge in [-0.25, -0.2) is 0 Å². The second-order valence-corrected chi connectivity index (χ2v) is 2.81. The summed E-state index contributed by atoms with van der Waals surface area (Å²) >= 11 is 0. The van der Waals surface area contributed by atoms with E-state index in [2.05, 4.69) is 0 Å². The maximum atomic E-state index is 10.4. The summed E-state index contributed by atoms with van der Waals surface area (Å²) < 4.78 is 0. The van der Waals surface area contributed by atoms with Crippen LogP contribution in [0.5, 0.6) is 0 Å². The van der Waals surface area contributed by atoms with Crippen molar-refractivity contribution in [3.8, 4) is 0 Å². The number of hydrogen-bond acceptors (Lipinski definition) is 3. The van der Waals surface area contributed by atoms with Gasteiger partial charge in [0.1, 0.15) is 0 Å². The number of carboxylic acids is 1. The molecule has 0 unspecified atom stereocenters. The SMILES string of the molecule is O=C([O-])c1ccc(CCCO)cc1.[Na+]. The molecule has 70 valence electrons. The van der Waals surface area contributed by atoms with Crippen LogP contribution in [0.2, 0.25) is 0 Å². The summed E-state index contributed by atoms with van der Waals surface area (Å²) in [4.78, 5) is 10.4. The standard InChI is InChI=1S/C10H12O3.Na/c11-7-1-2-8-3-5-9(6-4-8)10(12)13;/h3-6,11H,1-2,7H2,(H,12,13);/q;+1/p-1. The van der Waals surface area contributed by atoms with Crippen LogP contribution < -0.4 is 34.7 Å². The molecule has 0 bridgehead atoms. The molecular formula is C10H11NaO3. The molecule has 0 spiro atoms. The smallest absolute Gasteiger partial charge is 0.545 e. The topological polar surface area (TPSA) is 60.4 Å². The van der Waals surface area contributed by atoms with Crippen molar-refractivity contribution in [3.05, 3.63) is 35.4 Å². The minimum Gasteiger partial charge on any atom is -0.545 e. The maximum absolute atomic E-state index is 10.4. The molecule has 1 aromatic rings. The fraction of sp³-hybridized carbons (Fsp3) is 0.300. The number of aryl methyl sites for hydroxylation is 1.